The summed E-state index contributed by atoms with van der Waals surface area (Å²) in [4.78, 5) is 21.5. The SMILES string of the molecule is CC(=O)OC1CCCCc2ccc([N+](=O)[O-])cc21. The molecule has 0 aliphatic heterocycles. The molecule has 18 heavy (non-hydrogen) atoms. The second kappa shape index (κ2) is 5.16. The van der Waals surface area contributed by atoms with Crippen LogP contribution in [0.3, 0.4) is 0 Å². The molecule has 96 valence electrons. The molecule has 5 heteroatoms. The van der Waals surface area contributed by atoms with Crippen LogP contribution in [0.15, 0.2) is 18.2 Å². The van der Waals surface area contributed by atoms with E-state index in [1.807, 2.05) is 0 Å². The van der Waals surface area contributed by atoms with Gasteiger partial charge in [-0.2, -0.15) is 0 Å². The highest BCUT2D eigenvalue weighted by molar-refractivity contribution is 5.66. The Morgan fingerprint density at radius 3 is 2.89 bits per heavy atom. The fraction of sp³-hybridized carbons (Fsp3) is 0.462. The number of carbonyl (C=O) groups excluding carboxylic acids is 1. The monoisotopic (exact) mass is 249 g/mol. The van der Waals surface area contributed by atoms with Gasteiger partial charge in [-0.15, -0.1) is 0 Å². The van der Waals surface area contributed by atoms with E-state index in [4.69, 9.17) is 4.74 Å². The zero-order valence-electron chi connectivity index (χ0n) is 10.2. The summed E-state index contributed by atoms with van der Waals surface area (Å²) in [6.07, 6.45) is 3.24. The van der Waals surface area contributed by atoms with Crippen molar-refractivity contribution in [1.82, 2.24) is 0 Å². The molecule has 5 nitrogen and oxygen atoms in total. The van der Waals surface area contributed by atoms with E-state index in [0.717, 1.165) is 36.8 Å². The molecule has 0 spiro atoms. The number of carbonyl (C=O) groups is 1. The molecule has 0 bridgehead atoms. The Morgan fingerprint density at radius 2 is 2.22 bits per heavy atom. The van der Waals surface area contributed by atoms with Gasteiger partial charge in [0.15, 0.2) is 0 Å². The highest BCUT2D eigenvalue weighted by Gasteiger charge is 2.23. The lowest BCUT2D eigenvalue weighted by Gasteiger charge is -2.17. The highest BCUT2D eigenvalue weighted by atomic mass is 16.6. The third-order valence-corrected chi connectivity index (χ3v) is 3.16. The van der Waals surface area contributed by atoms with Gasteiger partial charge in [0.05, 0.1) is 4.92 Å². The number of non-ortho nitro benzene ring substituents is 1. The predicted octanol–water partition coefficient (Wildman–Crippen LogP) is 2.93. The molecule has 0 aromatic heterocycles. The third-order valence-electron chi connectivity index (χ3n) is 3.16. The first-order chi connectivity index (χ1) is 8.58. The van der Waals surface area contributed by atoms with E-state index < -0.39 is 4.92 Å². The van der Waals surface area contributed by atoms with Crippen LogP contribution >= 0.6 is 0 Å². The van der Waals surface area contributed by atoms with Crippen LogP contribution in [-0.4, -0.2) is 10.9 Å². The first-order valence-corrected chi connectivity index (χ1v) is 6.02. The number of nitro benzene ring substituents is 1. The number of esters is 1. The van der Waals surface area contributed by atoms with Crippen molar-refractivity contribution in [3.8, 4) is 0 Å². The lowest BCUT2D eigenvalue weighted by Crippen LogP contribution is -2.09. The highest BCUT2D eigenvalue weighted by Crippen LogP contribution is 2.33. The summed E-state index contributed by atoms with van der Waals surface area (Å²) < 4.78 is 5.27. The summed E-state index contributed by atoms with van der Waals surface area (Å²) >= 11 is 0. The Balaban J connectivity index is 2.40. The van der Waals surface area contributed by atoms with E-state index in [1.165, 1.54) is 19.1 Å². The lowest BCUT2D eigenvalue weighted by molar-refractivity contribution is -0.385. The van der Waals surface area contributed by atoms with E-state index in [-0.39, 0.29) is 17.8 Å². The number of hydrogen-bond acceptors (Lipinski definition) is 4. The number of rotatable bonds is 2. The number of hydrogen-bond donors (Lipinski definition) is 0. The van der Waals surface area contributed by atoms with Crippen LogP contribution < -0.4 is 0 Å². The van der Waals surface area contributed by atoms with E-state index >= 15 is 0 Å². The molecule has 1 aliphatic carbocycles. The molecule has 1 aromatic carbocycles. The topological polar surface area (TPSA) is 69.4 Å². The fourth-order valence-electron chi connectivity index (χ4n) is 2.35. The minimum Gasteiger partial charge on any atom is -0.458 e. The first-order valence-electron chi connectivity index (χ1n) is 6.02. The number of aryl methyl sites for hydroxylation is 1. The summed E-state index contributed by atoms with van der Waals surface area (Å²) in [7, 11) is 0. The molecule has 1 aliphatic rings. The van der Waals surface area contributed by atoms with E-state index in [2.05, 4.69) is 0 Å². The van der Waals surface area contributed by atoms with Crippen molar-refractivity contribution in [2.45, 2.75) is 38.7 Å². The van der Waals surface area contributed by atoms with Gasteiger partial charge in [-0.05, 0) is 31.2 Å². The maximum absolute atomic E-state index is 11.1. The van der Waals surface area contributed by atoms with Gasteiger partial charge in [0.1, 0.15) is 6.10 Å². The molecule has 0 saturated carbocycles. The van der Waals surface area contributed by atoms with Crippen molar-refractivity contribution >= 4 is 11.7 Å². The Morgan fingerprint density at radius 1 is 1.44 bits per heavy atom. The summed E-state index contributed by atoms with van der Waals surface area (Å²) in [5, 5.41) is 10.8. The number of benzene rings is 1. The van der Waals surface area contributed by atoms with Gasteiger partial charge < -0.3 is 4.74 Å². The van der Waals surface area contributed by atoms with Crippen LogP contribution in [0.5, 0.6) is 0 Å². The number of fused-ring (bicyclic) bond motifs is 1. The molecule has 0 N–H and O–H groups in total. The molecule has 0 fully saturated rings. The van der Waals surface area contributed by atoms with E-state index in [0.29, 0.717) is 0 Å². The third kappa shape index (κ3) is 2.67. The van der Waals surface area contributed by atoms with Crippen molar-refractivity contribution in [2.24, 2.45) is 0 Å². The number of nitro groups is 1. The van der Waals surface area contributed by atoms with Gasteiger partial charge in [0, 0.05) is 24.6 Å². The van der Waals surface area contributed by atoms with Crippen LogP contribution in [0.2, 0.25) is 0 Å². The molecular weight excluding hydrogens is 234 g/mol. The Labute approximate surface area is 105 Å². The predicted molar refractivity (Wildman–Crippen MR) is 65.2 cm³/mol. The average molecular weight is 249 g/mol. The lowest BCUT2D eigenvalue weighted by atomic mass is 10.00. The van der Waals surface area contributed by atoms with Crippen molar-refractivity contribution < 1.29 is 14.5 Å². The van der Waals surface area contributed by atoms with Crippen LogP contribution in [0.25, 0.3) is 0 Å². The molecule has 1 unspecified atom stereocenters. The smallest absolute Gasteiger partial charge is 0.303 e. The molecular formula is C13H15NO4. The summed E-state index contributed by atoms with van der Waals surface area (Å²) in [6.45, 7) is 1.36. The Kier molecular flexibility index (Phi) is 3.60. The maximum Gasteiger partial charge on any atom is 0.303 e. The van der Waals surface area contributed by atoms with Crippen LogP contribution in [-0.2, 0) is 16.0 Å². The molecule has 1 aromatic rings. The summed E-state index contributed by atoms with van der Waals surface area (Å²) in [5.41, 5.74) is 1.88. The van der Waals surface area contributed by atoms with Gasteiger partial charge in [0.25, 0.3) is 5.69 Å². The van der Waals surface area contributed by atoms with Crippen LogP contribution in [0.1, 0.15) is 43.4 Å². The molecule has 0 radical (unpaired) electrons. The first kappa shape index (κ1) is 12.5. The molecule has 1 atom stereocenters. The maximum atomic E-state index is 11.1. The van der Waals surface area contributed by atoms with Crippen molar-refractivity contribution in [1.29, 1.82) is 0 Å². The Hall–Kier alpha value is -1.91. The molecule has 2 rings (SSSR count). The molecule has 0 heterocycles. The fourth-order valence-corrected chi connectivity index (χ4v) is 2.35. The van der Waals surface area contributed by atoms with Gasteiger partial charge in [-0.1, -0.05) is 6.07 Å². The van der Waals surface area contributed by atoms with E-state index in [9.17, 15) is 14.9 Å². The van der Waals surface area contributed by atoms with Gasteiger partial charge in [-0.25, -0.2) is 0 Å². The molecule has 0 amide bonds. The van der Waals surface area contributed by atoms with E-state index in [1.54, 1.807) is 6.07 Å². The van der Waals surface area contributed by atoms with Crippen molar-refractivity contribution in [3.63, 3.8) is 0 Å². The zero-order valence-corrected chi connectivity index (χ0v) is 10.2. The number of ether oxygens (including phenoxy) is 1. The van der Waals surface area contributed by atoms with Gasteiger partial charge in [-0.3, -0.25) is 14.9 Å². The summed E-state index contributed by atoms with van der Waals surface area (Å²) in [5.74, 6) is -0.348. The zero-order chi connectivity index (χ0) is 13.1. The largest absolute Gasteiger partial charge is 0.458 e. The second-order valence-electron chi connectivity index (χ2n) is 4.48. The summed E-state index contributed by atoms with van der Waals surface area (Å²) in [6, 6.07) is 4.82. The minimum absolute atomic E-state index is 0.0489. The van der Waals surface area contributed by atoms with Gasteiger partial charge >= 0.3 is 5.97 Å². The minimum atomic E-state index is -0.421. The number of nitrogens with zero attached hydrogens (tertiary/aromatic N) is 1. The van der Waals surface area contributed by atoms with Gasteiger partial charge in [0.2, 0.25) is 0 Å². The average Bonchev–Trinajstić information content (AvgIpc) is 2.50. The van der Waals surface area contributed by atoms with Crippen LogP contribution in [0.4, 0.5) is 5.69 Å². The van der Waals surface area contributed by atoms with Crippen LogP contribution in [0, 0.1) is 10.1 Å². The van der Waals surface area contributed by atoms with Crippen molar-refractivity contribution in [2.75, 3.05) is 0 Å². The normalized spacial score (nSPS) is 18.6. The second-order valence-corrected chi connectivity index (χ2v) is 4.48. The molecule has 0 saturated heterocycles. The quantitative estimate of drug-likeness (QED) is 0.350. The standard InChI is InChI=1S/C13H15NO4/c1-9(15)18-13-5-3-2-4-10-6-7-11(14(16)17)8-12(10)13/h6-8,13H,2-5H2,1H3. The van der Waals surface area contributed by atoms with Crippen molar-refractivity contribution in [3.05, 3.63) is 39.4 Å². The Bertz CT molecular complexity index is 484.